The van der Waals surface area contributed by atoms with Crippen LogP contribution in [0.3, 0.4) is 0 Å². The van der Waals surface area contributed by atoms with Gasteiger partial charge in [-0.25, -0.2) is 0 Å². The van der Waals surface area contributed by atoms with E-state index in [0.717, 1.165) is 11.8 Å². The fourth-order valence-electron chi connectivity index (χ4n) is 0.595. The van der Waals surface area contributed by atoms with E-state index in [1.165, 1.54) is 6.07 Å². The van der Waals surface area contributed by atoms with Crippen LogP contribution in [0.2, 0.25) is 0 Å². The summed E-state index contributed by atoms with van der Waals surface area (Å²) in [7, 11) is 0. The van der Waals surface area contributed by atoms with Crippen molar-refractivity contribution >= 4 is 17.4 Å². The van der Waals surface area contributed by atoms with Crippen LogP contribution >= 0.6 is 11.8 Å². The number of carbonyl (C=O) groups excluding carboxylic acids is 1. The van der Waals surface area contributed by atoms with Crippen molar-refractivity contribution in [2.45, 2.75) is 4.90 Å². The van der Waals surface area contributed by atoms with E-state index in [9.17, 15) is 4.79 Å². The maximum atomic E-state index is 9.84. The molecule has 0 spiro atoms. The Hall–Kier alpha value is 4.56. The Labute approximate surface area is 220 Å². The molecule has 2 nitrogen and oxygen atoms in total. The topological polar surface area (TPSA) is 37.3 Å². The first kappa shape index (κ1) is 31.8. The zero-order chi connectivity index (χ0) is 7.40. The van der Waals surface area contributed by atoms with Gasteiger partial charge in [-0.1, -0.05) is 12.1 Å². The molecule has 8 heteroatoms. The largest absolute Gasteiger partial charge is 0.530 e. The van der Waals surface area contributed by atoms with Gasteiger partial charge in [0.2, 0.25) is 0 Å². The van der Waals surface area contributed by atoms with E-state index in [1.807, 2.05) is 0 Å². The second kappa shape index (κ2) is 20.9. The Bertz CT molecular complexity index is 249. The quantitative estimate of drug-likeness (QED) is 0.416. The molecule has 0 bridgehead atoms. The third kappa shape index (κ3) is 16.5. The smallest absolute Gasteiger partial charge is 0.116 e. The molecule has 0 heterocycles. The zero-order valence-electron chi connectivity index (χ0n) is 7.96. The van der Waals surface area contributed by atoms with Crippen molar-refractivity contribution in [3.8, 4) is 5.75 Å². The normalized spacial score (nSPS) is 6.13. The third-order valence-corrected chi connectivity index (χ3v) is 1.55. The Morgan fingerprint density at radius 1 is 1.07 bits per heavy atom. The monoisotopic (exact) mass is 598 g/mol. The minimum absolute atomic E-state index is 0. The van der Waals surface area contributed by atoms with Crippen molar-refractivity contribution in [2.75, 3.05) is 0 Å². The van der Waals surface area contributed by atoms with E-state index in [1.54, 1.807) is 23.8 Å². The minimum atomic E-state index is 0. The van der Waals surface area contributed by atoms with Gasteiger partial charge >= 0.3 is 0 Å². The summed E-state index contributed by atoms with van der Waals surface area (Å²) in [5.74, 6) is 0.167. The van der Waals surface area contributed by atoms with Crippen LogP contribution in [0.4, 0.5) is 0 Å². The molecule has 0 atom stereocenters. The van der Waals surface area contributed by atoms with Crippen LogP contribution in [-0.4, -0.2) is 10.7 Å². The predicted octanol–water partition coefficient (Wildman–Crippen LogP) is 1.54. The standard InChI is InChI=1S/C7H5O2S.5Y/c8-5-10-7-3-1-2-6(9)4-7;;;;;/h1-4,9H;;;;;/q-1;;;;;. The van der Waals surface area contributed by atoms with Crippen molar-refractivity contribution < 1.29 is 173 Å². The van der Waals surface area contributed by atoms with E-state index in [0.29, 0.717) is 4.90 Å². The van der Waals surface area contributed by atoms with Gasteiger partial charge in [0, 0.05) is 164 Å². The van der Waals surface area contributed by atoms with Gasteiger partial charge in [0.1, 0.15) is 5.75 Å². The van der Waals surface area contributed by atoms with E-state index >= 15 is 0 Å². The molecule has 1 aromatic carbocycles. The first-order valence-corrected chi connectivity index (χ1v) is 3.47. The zero-order valence-corrected chi connectivity index (χ0v) is 23.0. The van der Waals surface area contributed by atoms with Crippen LogP contribution in [0.5, 0.6) is 5.75 Å². The van der Waals surface area contributed by atoms with Crippen LogP contribution in [0.1, 0.15) is 0 Å². The van der Waals surface area contributed by atoms with Gasteiger partial charge in [0.15, 0.2) is 0 Å². The molecule has 0 aliphatic heterocycles. The number of hydrogen-bond donors (Lipinski definition) is 1. The molecule has 0 fully saturated rings. The molecule has 1 aromatic rings. The summed E-state index contributed by atoms with van der Waals surface area (Å²) < 4.78 is 0. The van der Waals surface area contributed by atoms with Crippen LogP contribution in [0.25, 0.3) is 0 Å². The summed E-state index contributed by atoms with van der Waals surface area (Å²) in [6, 6.07) is 6.47. The number of rotatable bonds is 2. The van der Waals surface area contributed by atoms with Crippen LogP contribution in [-0.2, 0) is 168 Å². The average Bonchev–Trinajstić information content (AvgIpc) is 1.88. The molecule has 0 aromatic heterocycles. The summed E-state index contributed by atoms with van der Waals surface area (Å²) in [5, 5.41) is 8.90. The fourth-order valence-corrected chi connectivity index (χ4v) is 1.02. The summed E-state index contributed by atoms with van der Waals surface area (Å²) in [4.78, 5) is 10.5. The van der Waals surface area contributed by atoms with Gasteiger partial charge in [-0.3, -0.25) is 11.8 Å². The number of phenols is 1. The Morgan fingerprint density at radius 2 is 1.60 bits per heavy atom. The van der Waals surface area contributed by atoms with E-state index in [2.05, 4.69) is 0 Å². The van der Waals surface area contributed by atoms with Crippen LogP contribution < -0.4 is 0 Å². The van der Waals surface area contributed by atoms with Gasteiger partial charge in [0.05, 0.1) is 0 Å². The Balaban J connectivity index is -0.0000000667. The third-order valence-electron chi connectivity index (χ3n) is 0.977. The molecule has 5 radical (unpaired) electrons. The fraction of sp³-hybridized carbons (Fsp3) is 0. The first-order chi connectivity index (χ1) is 4.83. The summed E-state index contributed by atoms with van der Waals surface area (Å²) >= 11 is 0.924. The van der Waals surface area contributed by atoms with Gasteiger partial charge in [-0.2, -0.15) is 5.62 Å². The van der Waals surface area contributed by atoms with Crippen molar-refractivity contribution in [1.82, 2.24) is 0 Å². The van der Waals surface area contributed by atoms with Gasteiger partial charge < -0.3 is 9.90 Å². The maximum Gasteiger partial charge on any atom is 0.116 e. The molecule has 0 aliphatic rings. The summed E-state index contributed by atoms with van der Waals surface area (Å²) in [6.07, 6.45) is 0. The molecule has 1 N–H and O–H groups in total. The summed E-state index contributed by atoms with van der Waals surface area (Å²) in [5.41, 5.74) is 1.67. The van der Waals surface area contributed by atoms with Crippen molar-refractivity contribution in [3.63, 3.8) is 0 Å². The Kier molecular flexibility index (Phi) is 44.2. The number of thioether (sulfide) groups is 1. The van der Waals surface area contributed by atoms with Gasteiger partial charge in [-0.15, -0.1) is 0 Å². The minimum Gasteiger partial charge on any atom is -0.530 e. The molecule has 1 rings (SSSR count). The number of hydrogen-bond acceptors (Lipinski definition) is 3. The van der Waals surface area contributed by atoms with Crippen molar-refractivity contribution in [1.29, 1.82) is 0 Å². The van der Waals surface area contributed by atoms with Crippen LogP contribution in [0.15, 0.2) is 29.2 Å². The molecular weight excluding hydrogens is 593 g/mol. The second-order valence-electron chi connectivity index (χ2n) is 1.68. The van der Waals surface area contributed by atoms with Gasteiger partial charge in [-0.05, 0) is 17.0 Å². The molecule has 0 unspecified atom stereocenters. The Morgan fingerprint density at radius 3 is 2.00 bits per heavy atom. The molecule has 67 valence electrons. The average molecular weight is 598 g/mol. The molecule has 0 amide bonds. The molecule has 0 aliphatic carbocycles. The van der Waals surface area contributed by atoms with E-state index < -0.39 is 0 Å². The SMILES string of the molecule is O=[C-]Sc1cccc(O)c1.[Y].[Y].[Y].[Y].[Y]. The number of aromatic hydroxyl groups is 1. The number of benzene rings is 1. The van der Waals surface area contributed by atoms with Crippen LogP contribution in [0, 0.1) is 0 Å². The molecule has 15 heavy (non-hydrogen) atoms. The van der Waals surface area contributed by atoms with E-state index in [-0.39, 0.29) is 169 Å². The molecular formula is C7H5O2SY5-. The predicted molar refractivity (Wildman–Crippen MR) is 39.7 cm³/mol. The summed E-state index contributed by atoms with van der Waals surface area (Å²) in [6.45, 7) is 0. The van der Waals surface area contributed by atoms with Crippen molar-refractivity contribution in [3.05, 3.63) is 24.3 Å². The van der Waals surface area contributed by atoms with E-state index in [4.69, 9.17) is 5.11 Å². The molecule has 0 saturated heterocycles. The van der Waals surface area contributed by atoms with Crippen molar-refractivity contribution in [2.24, 2.45) is 0 Å². The second-order valence-corrected chi connectivity index (χ2v) is 2.52. The van der Waals surface area contributed by atoms with Gasteiger partial charge in [0.25, 0.3) is 0 Å². The molecule has 0 saturated carbocycles. The first-order valence-electron chi connectivity index (χ1n) is 2.66. The maximum absolute atomic E-state index is 9.84. The number of phenolic OH excluding ortho intramolecular Hbond substituents is 1.